The summed E-state index contributed by atoms with van der Waals surface area (Å²) in [6.45, 7) is 6.14. The van der Waals surface area contributed by atoms with Gasteiger partial charge >= 0.3 is 0 Å². The fraction of sp³-hybridized carbons (Fsp3) is 0.238. The first kappa shape index (κ1) is 17.7. The number of hydrogen-bond donors (Lipinski definition) is 2. The number of fused-ring (bicyclic) bond motifs is 1. The summed E-state index contributed by atoms with van der Waals surface area (Å²) in [5, 5.41) is 21.2. The van der Waals surface area contributed by atoms with Gasteiger partial charge in [0.05, 0.1) is 16.8 Å². The molecule has 2 N–H and O–H groups in total. The Hall–Kier alpha value is -3.08. The highest BCUT2D eigenvalue weighted by Crippen LogP contribution is 2.34. The summed E-state index contributed by atoms with van der Waals surface area (Å²) in [5.74, 6) is -0.547. The molecule has 0 fully saturated rings. The Bertz CT molecular complexity index is 961. The first-order chi connectivity index (χ1) is 12.4. The highest BCUT2D eigenvalue weighted by Gasteiger charge is 2.23. The quantitative estimate of drug-likeness (QED) is 0.730. The molecule has 0 unspecified atom stereocenters. The molecule has 0 atom stereocenters. The Morgan fingerprint density at radius 2 is 1.85 bits per heavy atom. The largest absolute Gasteiger partial charge is 0.508 e. The Balaban J connectivity index is 2.12. The van der Waals surface area contributed by atoms with Gasteiger partial charge in [0.25, 0.3) is 5.91 Å². The molecule has 3 rings (SSSR count). The smallest absolute Gasteiger partial charge is 0.262 e. The van der Waals surface area contributed by atoms with Crippen LogP contribution in [0.1, 0.15) is 42.6 Å². The number of carbonyl (C=O) groups excluding carboxylic acids is 1. The van der Waals surface area contributed by atoms with Crippen molar-refractivity contribution in [3.05, 3.63) is 59.8 Å². The molecule has 3 aromatic rings. The van der Waals surface area contributed by atoms with Crippen LogP contribution in [-0.4, -0.2) is 27.6 Å². The van der Waals surface area contributed by atoms with Crippen molar-refractivity contribution in [3.8, 4) is 11.5 Å². The van der Waals surface area contributed by atoms with Gasteiger partial charge < -0.3 is 15.1 Å². The van der Waals surface area contributed by atoms with E-state index in [1.54, 1.807) is 17.2 Å². The van der Waals surface area contributed by atoms with E-state index in [-0.39, 0.29) is 28.9 Å². The Morgan fingerprint density at radius 3 is 2.54 bits per heavy atom. The summed E-state index contributed by atoms with van der Waals surface area (Å²) in [7, 11) is 0. The van der Waals surface area contributed by atoms with Gasteiger partial charge in [0.1, 0.15) is 11.5 Å². The molecule has 0 bridgehead atoms. The normalized spacial score (nSPS) is 11.1. The second-order valence-electron chi connectivity index (χ2n) is 6.48. The van der Waals surface area contributed by atoms with Crippen molar-refractivity contribution in [1.82, 2.24) is 4.98 Å². The maximum absolute atomic E-state index is 13.2. The number of phenols is 2. The van der Waals surface area contributed by atoms with Crippen molar-refractivity contribution in [3.63, 3.8) is 0 Å². The molecule has 134 valence electrons. The topological polar surface area (TPSA) is 73.7 Å². The van der Waals surface area contributed by atoms with E-state index in [9.17, 15) is 15.0 Å². The lowest BCUT2D eigenvalue weighted by Crippen LogP contribution is -2.31. The number of phenolic OH excluding ortho intramolecular Hbond substituents is 2. The first-order valence-electron chi connectivity index (χ1n) is 8.65. The van der Waals surface area contributed by atoms with Gasteiger partial charge in [-0.1, -0.05) is 32.0 Å². The van der Waals surface area contributed by atoms with Crippen LogP contribution < -0.4 is 4.90 Å². The average molecular weight is 350 g/mol. The molecule has 1 heterocycles. The number of hydrogen-bond acceptors (Lipinski definition) is 4. The summed E-state index contributed by atoms with van der Waals surface area (Å²) >= 11 is 0. The van der Waals surface area contributed by atoms with Gasteiger partial charge in [0, 0.05) is 24.2 Å². The predicted octanol–water partition coefficient (Wildman–Crippen LogP) is 4.44. The minimum absolute atomic E-state index is 0.0103. The van der Waals surface area contributed by atoms with E-state index in [0.717, 1.165) is 10.9 Å². The molecule has 0 spiro atoms. The zero-order valence-electron chi connectivity index (χ0n) is 15.1. The van der Waals surface area contributed by atoms with Crippen LogP contribution in [0.25, 0.3) is 10.9 Å². The lowest BCUT2D eigenvalue weighted by atomic mass is 9.98. The number of aromatic hydroxyl groups is 2. The number of amides is 1. The predicted molar refractivity (Wildman–Crippen MR) is 103 cm³/mol. The third kappa shape index (κ3) is 3.08. The molecule has 0 aliphatic carbocycles. The molecule has 5 heteroatoms. The molecule has 2 aromatic carbocycles. The number of nitrogens with zero attached hydrogens (tertiary/aromatic N) is 2. The number of pyridine rings is 1. The summed E-state index contributed by atoms with van der Waals surface area (Å²) < 4.78 is 0. The zero-order valence-corrected chi connectivity index (χ0v) is 15.1. The van der Waals surface area contributed by atoms with Crippen LogP contribution >= 0.6 is 0 Å². The third-order valence-electron chi connectivity index (χ3n) is 4.46. The van der Waals surface area contributed by atoms with Crippen molar-refractivity contribution in [2.75, 3.05) is 11.4 Å². The molecular weight excluding hydrogens is 328 g/mol. The Labute approximate surface area is 152 Å². The van der Waals surface area contributed by atoms with Gasteiger partial charge in [-0.05, 0) is 36.6 Å². The Morgan fingerprint density at radius 1 is 1.12 bits per heavy atom. The van der Waals surface area contributed by atoms with Crippen molar-refractivity contribution in [2.45, 2.75) is 26.7 Å². The minimum Gasteiger partial charge on any atom is -0.508 e. The monoisotopic (exact) mass is 350 g/mol. The zero-order chi connectivity index (χ0) is 18.8. The first-order valence-corrected chi connectivity index (χ1v) is 8.65. The number of anilines is 1. The van der Waals surface area contributed by atoms with Gasteiger partial charge in [0.15, 0.2) is 0 Å². The SMILES string of the molecule is CCN(C(=O)c1cc(C(C)C)c(O)cc1O)c1cccc2cccnc12. The van der Waals surface area contributed by atoms with Crippen LogP contribution in [0, 0.1) is 0 Å². The average Bonchev–Trinajstić information content (AvgIpc) is 2.62. The Kier molecular flexibility index (Phi) is 4.80. The number of aromatic nitrogens is 1. The van der Waals surface area contributed by atoms with E-state index in [4.69, 9.17) is 0 Å². The standard InChI is InChI=1S/C21H22N2O3/c1-4-23(17-9-5-7-14-8-6-10-22-20(14)17)21(26)16-11-15(13(2)3)18(24)12-19(16)25/h5-13,24-25H,4H2,1-3H3. The summed E-state index contributed by atoms with van der Waals surface area (Å²) in [6, 6.07) is 12.3. The molecular formula is C21H22N2O3. The number of rotatable bonds is 4. The van der Waals surface area contributed by atoms with E-state index in [2.05, 4.69) is 4.98 Å². The minimum atomic E-state index is -0.329. The maximum atomic E-state index is 13.2. The van der Waals surface area contributed by atoms with E-state index in [0.29, 0.717) is 17.8 Å². The second kappa shape index (κ2) is 7.04. The van der Waals surface area contributed by atoms with Gasteiger partial charge in [0.2, 0.25) is 0 Å². The lowest BCUT2D eigenvalue weighted by Gasteiger charge is -2.23. The molecule has 0 radical (unpaired) electrons. The van der Waals surface area contributed by atoms with Gasteiger partial charge in [-0.25, -0.2) is 0 Å². The van der Waals surface area contributed by atoms with Gasteiger partial charge in [-0.3, -0.25) is 9.78 Å². The molecule has 5 nitrogen and oxygen atoms in total. The molecule has 0 saturated carbocycles. The van der Waals surface area contributed by atoms with Crippen LogP contribution in [0.5, 0.6) is 11.5 Å². The molecule has 1 aromatic heterocycles. The van der Waals surface area contributed by atoms with Crippen LogP contribution in [0.2, 0.25) is 0 Å². The third-order valence-corrected chi connectivity index (χ3v) is 4.46. The van der Waals surface area contributed by atoms with Crippen LogP contribution in [0.15, 0.2) is 48.7 Å². The van der Waals surface area contributed by atoms with Crippen LogP contribution in [0.3, 0.4) is 0 Å². The summed E-state index contributed by atoms with van der Waals surface area (Å²) in [4.78, 5) is 19.2. The van der Waals surface area contributed by atoms with E-state index < -0.39 is 0 Å². The van der Waals surface area contributed by atoms with Crippen molar-refractivity contribution >= 4 is 22.5 Å². The van der Waals surface area contributed by atoms with E-state index in [1.165, 1.54) is 6.07 Å². The summed E-state index contributed by atoms with van der Waals surface area (Å²) in [5.41, 5.74) is 2.21. The second-order valence-corrected chi connectivity index (χ2v) is 6.48. The number of carbonyl (C=O) groups is 1. The maximum Gasteiger partial charge on any atom is 0.262 e. The van der Waals surface area contributed by atoms with E-state index in [1.807, 2.05) is 51.1 Å². The lowest BCUT2D eigenvalue weighted by molar-refractivity contribution is 0.0986. The number of benzene rings is 2. The number of para-hydroxylation sites is 1. The fourth-order valence-corrected chi connectivity index (χ4v) is 3.10. The van der Waals surface area contributed by atoms with E-state index >= 15 is 0 Å². The van der Waals surface area contributed by atoms with Crippen molar-refractivity contribution < 1.29 is 15.0 Å². The molecule has 0 aliphatic rings. The molecule has 0 aliphatic heterocycles. The van der Waals surface area contributed by atoms with Crippen LogP contribution in [-0.2, 0) is 0 Å². The van der Waals surface area contributed by atoms with Crippen molar-refractivity contribution in [1.29, 1.82) is 0 Å². The fourth-order valence-electron chi connectivity index (χ4n) is 3.10. The van der Waals surface area contributed by atoms with Gasteiger partial charge in [-0.15, -0.1) is 0 Å². The van der Waals surface area contributed by atoms with Gasteiger partial charge in [-0.2, -0.15) is 0 Å². The molecule has 1 amide bonds. The summed E-state index contributed by atoms with van der Waals surface area (Å²) in [6.07, 6.45) is 1.69. The highest BCUT2D eigenvalue weighted by atomic mass is 16.3. The molecule has 0 saturated heterocycles. The van der Waals surface area contributed by atoms with Crippen molar-refractivity contribution in [2.24, 2.45) is 0 Å². The van der Waals surface area contributed by atoms with Crippen LogP contribution in [0.4, 0.5) is 5.69 Å². The molecule has 26 heavy (non-hydrogen) atoms. The highest BCUT2D eigenvalue weighted by molar-refractivity contribution is 6.11.